The number of hydrogen-bond acceptors (Lipinski definition) is 6. The van der Waals surface area contributed by atoms with Crippen LogP contribution in [0.2, 0.25) is 0 Å². The van der Waals surface area contributed by atoms with Crippen molar-refractivity contribution in [2.75, 3.05) is 0 Å². The van der Waals surface area contributed by atoms with Crippen molar-refractivity contribution in [1.29, 1.82) is 0 Å². The van der Waals surface area contributed by atoms with E-state index >= 15 is 0 Å². The summed E-state index contributed by atoms with van der Waals surface area (Å²) in [4.78, 5) is 11.9. The number of rotatable bonds is 3. The molecule has 9 heteroatoms. The van der Waals surface area contributed by atoms with E-state index in [2.05, 4.69) is 42.4 Å². The molecule has 0 aromatic heterocycles. The number of nitrogens with one attached hydrogen (secondary N) is 1. The van der Waals surface area contributed by atoms with Crippen LogP contribution >= 0.6 is 31.9 Å². The minimum Gasteiger partial charge on any atom is -0.506 e. The SMILES string of the molecule is O=C(N/N=C/c1cc(Br)c(O)c(Br)c1)c1cc(O)c(O)c(O)c1. The first-order valence-corrected chi connectivity index (χ1v) is 7.64. The van der Waals surface area contributed by atoms with Crippen LogP contribution in [0, 0.1) is 0 Å². The summed E-state index contributed by atoms with van der Waals surface area (Å²) in [5.74, 6) is -2.59. The third-order valence-corrected chi connectivity index (χ3v) is 3.96. The van der Waals surface area contributed by atoms with E-state index in [1.807, 2.05) is 0 Å². The Hall–Kier alpha value is -2.26. The fraction of sp³-hybridized carbons (Fsp3) is 0. The maximum absolute atomic E-state index is 11.9. The summed E-state index contributed by atoms with van der Waals surface area (Å²) in [6, 6.07) is 5.17. The van der Waals surface area contributed by atoms with E-state index in [0.29, 0.717) is 14.5 Å². The van der Waals surface area contributed by atoms with E-state index in [1.165, 1.54) is 6.21 Å². The number of phenolic OH excluding ortho intramolecular Hbond substituents is 4. The van der Waals surface area contributed by atoms with E-state index in [0.717, 1.165) is 12.1 Å². The standard InChI is InChI=1S/C14H10Br2N2O5/c15-8-1-6(2-9(16)12(8)21)5-17-18-14(23)7-3-10(19)13(22)11(20)4-7/h1-5,19-22H,(H,18,23)/b17-5+. The maximum Gasteiger partial charge on any atom is 0.271 e. The highest BCUT2D eigenvalue weighted by Crippen LogP contribution is 2.35. The largest absolute Gasteiger partial charge is 0.506 e. The number of carbonyl (C=O) groups excluding carboxylic acids is 1. The van der Waals surface area contributed by atoms with Gasteiger partial charge in [0.05, 0.1) is 15.2 Å². The Bertz CT molecular complexity index is 762. The van der Waals surface area contributed by atoms with Gasteiger partial charge in [0.2, 0.25) is 0 Å². The molecule has 0 bridgehead atoms. The molecule has 7 nitrogen and oxygen atoms in total. The van der Waals surface area contributed by atoms with Crippen molar-refractivity contribution in [2.45, 2.75) is 0 Å². The maximum atomic E-state index is 11.9. The summed E-state index contributed by atoms with van der Waals surface area (Å²) < 4.78 is 0.904. The van der Waals surface area contributed by atoms with Gasteiger partial charge in [-0.05, 0) is 61.7 Å². The Balaban J connectivity index is 2.13. The van der Waals surface area contributed by atoms with Crippen molar-refractivity contribution < 1.29 is 25.2 Å². The summed E-state index contributed by atoms with van der Waals surface area (Å²) in [6.45, 7) is 0. The van der Waals surface area contributed by atoms with Gasteiger partial charge in [-0.25, -0.2) is 5.43 Å². The van der Waals surface area contributed by atoms with Gasteiger partial charge in [-0.2, -0.15) is 5.10 Å². The molecule has 0 saturated carbocycles. The highest BCUT2D eigenvalue weighted by molar-refractivity contribution is 9.11. The van der Waals surface area contributed by atoms with Crippen LogP contribution in [-0.2, 0) is 0 Å². The minimum absolute atomic E-state index is 0.0428. The van der Waals surface area contributed by atoms with Gasteiger partial charge < -0.3 is 20.4 Å². The smallest absolute Gasteiger partial charge is 0.271 e. The van der Waals surface area contributed by atoms with E-state index < -0.39 is 23.2 Å². The van der Waals surface area contributed by atoms with Crippen LogP contribution in [0.3, 0.4) is 0 Å². The van der Waals surface area contributed by atoms with E-state index in [1.54, 1.807) is 12.1 Å². The molecule has 0 aliphatic rings. The third-order valence-electron chi connectivity index (χ3n) is 2.75. The summed E-state index contributed by atoms with van der Waals surface area (Å²) in [5.41, 5.74) is 2.72. The van der Waals surface area contributed by atoms with E-state index in [4.69, 9.17) is 0 Å². The third kappa shape index (κ3) is 3.93. The number of hydrogen-bond donors (Lipinski definition) is 5. The zero-order valence-corrected chi connectivity index (χ0v) is 14.5. The molecule has 2 aromatic carbocycles. The van der Waals surface area contributed by atoms with Crippen molar-refractivity contribution in [2.24, 2.45) is 5.10 Å². The lowest BCUT2D eigenvalue weighted by Gasteiger charge is -2.05. The van der Waals surface area contributed by atoms with Gasteiger partial charge in [0.1, 0.15) is 5.75 Å². The van der Waals surface area contributed by atoms with E-state index in [-0.39, 0.29) is 11.3 Å². The van der Waals surface area contributed by atoms with Crippen LogP contribution in [0.4, 0.5) is 0 Å². The number of phenols is 4. The van der Waals surface area contributed by atoms with Crippen LogP contribution in [0.5, 0.6) is 23.0 Å². The fourth-order valence-electron chi connectivity index (χ4n) is 1.62. The quantitative estimate of drug-likeness (QED) is 0.282. The summed E-state index contributed by atoms with van der Waals surface area (Å²) in [7, 11) is 0. The normalized spacial score (nSPS) is 10.9. The summed E-state index contributed by atoms with van der Waals surface area (Å²) in [5, 5.41) is 41.3. The molecule has 0 spiro atoms. The lowest BCUT2D eigenvalue weighted by Crippen LogP contribution is -2.17. The van der Waals surface area contributed by atoms with Crippen molar-refractivity contribution in [1.82, 2.24) is 5.43 Å². The Morgan fingerprint density at radius 1 is 0.957 bits per heavy atom. The van der Waals surface area contributed by atoms with Crippen molar-refractivity contribution in [3.05, 3.63) is 44.3 Å². The molecule has 0 aliphatic heterocycles. The number of carbonyl (C=O) groups is 1. The number of benzene rings is 2. The van der Waals surface area contributed by atoms with Gasteiger partial charge in [0.25, 0.3) is 5.91 Å². The van der Waals surface area contributed by atoms with Crippen LogP contribution < -0.4 is 5.43 Å². The molecule has 0 atom stereocenters. The number of halogens is 2. The lowest BCUT2D eigenvalue weighted by molar-refractivity contribution is 0.0954. The van der Waals surface area contributed by atoms with Gasteiger partial charge in [0.15, 0.2) is 17.2 Å². The first-order valence-electron chi connectivity index (χ1n) is 6.06. The average molecular weight is 446 g/mol. The second-order valence-corrected chi connectivity index (χ2v) is 6.10. The summed E-state index contributed by atoms with van der Waals surface area (Å²) in [6.07, 6.45) is 1.34. The molecule has 0 fully saturated rings. The lowest BCUT2D eigenvalue weighted by atomic mass is 10.2. The predicted octanol–water partition coefficient (Wildman–Crippen LogP) is 2.80. The monoisotopic (exact) mass is 444 g/mol. The van der Waals surface area contributed by atoms with Crippen LogP contribution in [0.25, 0.3) is 0 Å². The van der Waals surface area contributed by atoms with Gasteiger partial charge in [0, 0.05) is 5.56 Å². The number of hydrazone groups is 1. The van der Waals surface area contributed by atoms with Crippen molar-refractivity contribution in [3.63, 3.8) is 0 Å². The van der Waals surface area contributed by atoms with Gasteiger partial charge >= 0.3 is 0 Å². The molecule has 0 heterocycles. The molecule has 2 aromatic rings. The second kappa shape index (κ2) is 6.88. The predicted molar refractivity (Wildman–Crippen MR) is 90.0 cm³/mol. The zero-order valence-electron chi connectivity index (χ0n) is 11.3. The minimum atomic E-state index is -0.705. The fourth-order valence-corrected chi connectivity index (χ4v) is 2.85. The summed E-state index contributed by atoms with van der Waals surface area (Å²) >= 11 is 6.34. The molecule has 0 aliphatic carbocycles. The molecule has 23 heavy (non-hydrogen) atoms. The highest BCUT2D eigenvalue weighted by atomic mass is 79.9. The van der Waals surface area contributed by atoms with E-state index in [9.17, 15) is 25.2 Å². The molecule has 120 valence electrons. The Kier molecular flexibility index (Phi) is 5.12. The highest BCUT2D eigenvalue weighted by Gasteiger charge is 2.13. The molecule has 5 N–H and O–H groups in total. The van der Waals surface area contributed by atoms with Crippen LogP contribution in [0.15, 0.2) is 38.3 Å². The molecule has 1 amide bonds. The molecular formula is C14H10Br2N2O5. The first kappa shape index (κ1) is 17.1. The zero-order chi connectivity index (χ0) is 17.1. The van der Waals surface area contributed by atoms with Crippen molar-refractivity contribution in [3.8, 4) is 23.0 Å². The first-order chi connectivity index (χ1) is 10.8. The Labute approximate surface area is 147 Å². The topological polar surface area (TPSA) is 122 Å². The molecule has 0 radical (unpaired) electrons. The number of aromatic hydroxyl groups is 4. The Morgan fingerprint density at radius 2 is 1.48 bits per heavy atom. The van der Waals surface area contributed by atoms with Crippen molar-refractivity contribution >= 4 is 44.0 Å². The van der Waals surface area contributed by atoms with Crippen LogP contribution in [-0.4, -0.2) is 32.5 Å². The van der Waals surface area contributed by atoms with Crippen LogP contribution in [0.1, 0.15) is 15.9 Å². The molecule has 0 saturated heterocycles. The molecular weight excluding hydrogens is 436 g/mol. The van der Waals surface area contributed by atoms with Gasteiger partial charge in [-0.15, -0.1) is 0 Å². The molecule has 0 unspecified atom stereocenters. The number of amides is 1. The second-order valence-electron chi connectivity index (χ2n) is 4.40. The number of nitrogens with zero attached hydrogens (tertiary/aromatic N) is 1. The molecule has 2 rings (SSSR count). The average Bonchev–Trinajstić information content (AvgIpc) is 2.49. The van der Waals surface area contributed by atoms with Gasteiger partial charge in [-0.1, -0.05) is 0 Å². The van der Waals surface area contributed by atoms with Gasteiger partial charge in [-0.3, -0.25) is 4.79 Å². The Morgan fingerprint density at radius 3 is 2.00 bits per heavy atom.